The van der Waals surface area contributed by atoms with Gasteiger partial charge in [-0.3, -0.25) is 0 Å². The van der Waals surface area contributed by atoms with Gasteiger partial charge in [-0.2, -0.15) is 0 Å². The van der Waals surface area contributed by atoms with Crippen LogP contribution < -0.4 is 15.2 Å². The van der Waals surface area contributed by atoms with E-state index in [1.165, 1.54) is 11.1 Å². The first-order valence-corrected chi connectivity index (χ1v) is 11.2. The van der Waals surface area contributed by atoms with E-state index in [1.54, 1.807) is 0 Å². The number of piperidine rings is 1. The van der Waals surface area contributed by atoms with Crippen LogP contribution >= 0.6 is 0 Å². The molecule has 0 radical (unpaired) electrons. The van der Waals surface area contributed by atoms with Crippen molar-refractivity contribution in [2.24, 2.45) is 0 Å². The summed E-state index contributed by atoms with van der Waals surface area (Å²) in [4.78, 5) is 2.54. The highest BCUT2D eigenvalue weighted by atomic mass is 16.5. The Labute approximate surface area is 185 Å². The van der Waals surface area contributed by atoms with Gasteiger partial charge >= 0.3 is 0 Å². The van der Waals surface area contributed by atoms with Crippen LogP contribution in [-0.2, 0) is 0 Å². The molecule has 3 aromatic rings. The van der Waals surface area contributed by atoms with E-state index in [1.807, 2.05) is 24.3 Å². The number of ether oxygens (including phenoxy) is 2. The number of aryl methyl sites for hydroxylation is 1. The molecule has 2 N–H and O–H groups in total. The molecule has 4 rings (SSSR count). The standard InChI is InChI=1S/C27H32N2O2/c1-21-8-5-6-11-26(21)31-27-16-18-29(20-25(27)22-9-3-2-4-10-22)17-7-19-30-24-14-12-23(28)13-15-24/h2-6,8-15,25,27H,7,16-20,28H2,1H3/t25-,27-/m0/s1. The summed E-state index contributed by atoms with van der Waals surface area (Å²) < 4.78 is 12.4. The molecule has 0 unspecified atom stereocenters. The number of benzene rings is 3. The third kappa shape index (κ3) is 5.80. The third-order valence-electron chi connectivity index (χ3n) is 6.00. The van der Waals surface area contributed by atoms with Gasteiger partial charge in [-0.1, -0.05) is 48.5 Å². The molecule has 3 aromatic carbocycles. The van der Waals surface area contributed by atoms with E-state index in [0.717, 1.165) is 49.7 Å². The van der Waals surface area contributed by atoms with Gasteiger partial charge in [0.1, 0.15) is 17.6 Å². The van der Waals surface area contributed by atoms with Gasteiger partial charge < -0.3 is 20.1 Å². The van der Waals surface area contributed by atoms with Crippen molar-refractivity contribution in [1.29, 1.82) is 0 Å². The summed E-state index contributed by atoms with van der Waals surface area (Å²) in [6, 6.07) is 26.7. The molecule has 1 fully saturated rings. The molecule has 0 amide bonds. The molecule has 0 aliphatic carbocycles. The molecule has 4 nitrogen and oxygen atoms in total. The van der Waals surface area contributed by atoms with Crippen molar-refractivity contribution in [3.8, 4) is 11.5 Å². The molecule has 0 bridgehead atoms. The summed E-state index contributed by atoms with van der Waals surface area (Å²) in [5.74, 6) is 2.23. The van der Waals surface area contributed by atoms with Crippen LogP contribution in [0, 0.1) is 6.92 Å². The van der Waals surface area contributed by atoms with Crippen molar-refractivity contribution in [2.75, 3.05) is 32.0 Å². The summed E-state index contributed by atoms with van der Waals surface area (Å²) in [5, 5.41) is 0. The van der Waals surface area contributed by atoms with Gasteiger partial charge in [0.15, 0.2) is 0 Å². The van der Waals surface area contributed by atoms with Gasteiger partial charge in [0.25, 0.3) is 0 Å². The summed E-state index contributed by atoms with van der Waals surface area (Å²) >= 11 is 0. The molecule has 0 aromatic heterocycles. The highest BCUT2D eigenvalue weighted by Gasteiger charge is 2.32. The Morgan fingerprint density at radius 3 is 2.45 bits per heavy atom. The molecule has 2 atom stereocenters. The predicted molar refractivity (Wildman–Crippen MR) is 127 cm³/mol. The first-order valence-electron chi connectivity index (χ1n) is 11.2. The van der Waals surface area contributed by atoms with Gasteiger partial charge in [-0.05, 0) is 61.2 Å². The zero-order valence-corrected chi connectivity index (χ0v) is 18.2. The maximum atomic E-state index is 6.53. The minimum absolute atomic E-state index is 0.186. The number of nitrogens with two attached hydrogens (primary N) is 1. The van der Waals surface area contributed by atoms with E-state index in [9.17, 15) is 0 Å². The largest absolute Gasteiger partial charge is 0.494 e. The van der Waals surface area contributed by atoms with Crippen molar-refractivity contribution >= 4 is 5.69 Å². The summed E-state index contributed by atoms with van der Waals surface area (Å²) in [7, 11) is 0. The second-order valence-corrected chi connectivity index (χ2v) is 8.30. The number of likely N-dealkylation sites (tertiary alicyclic amines) is 1. The number of nitrogen functional groups attached to an aromatic ring is 1. The molecule has 1 aliphatic heterocycles. The van der Waals surface area contributed by atoms with Gasteiger partial charge in [-0.25, -0.2) is 0 Å². The minimum Gasteiger partial charge on any atom is -0.494 e. The van der Waals surface area contributed by atoms with Gasteiger partial charge in [-0.15, -0.1) is 0 Å². The predicted octanol–water partition coefficient (Wildman–Crippen LogP) is 5.28. The fraction of sp³-hybridized carbons (Fsp3) is 0.333. The maximum absolute atomic E-state index is 6.53. The Bertz CT molecular complexity index is 943. The Hall–Kier alpha value is -2.98. The first-order chi connectivity index (χ1) is 15.2. The molecule has 162 valence electrons. The van der Waals surface area contributed by atoms with Crippen molar-refractivity contribution in [3.05, 3.63) is 90.0 Å². The van der Waals surface area contributed by atoms with Crippen LogP contribution in [0.4, 0.5) is 5.69 Å². The lowest BCUT2D eigenvalue weighted by Crippen LogP contribution is -2.44. The summed E-state index contributed by atoms with van der Waals surface area (Å²) in [5.41, 5.74) is 9.04. The van der Waals surface area contributed by atoms with E-state index in [4.69, 9.17) is 15.2 Å². The Morgan fingerprint density at radius 2 is 1.68 bits per heavy atom. The van der Waals surface area contributed by atoms with Gasteiger partial charge in [0.2, 0.25) is 0 Å². The lowest BCUT2D eigenvalue weighted by atomic mass is 9.87. The minimum atomic E-state index is 0.186. The van der Waals surface area contributed by atoms with E-state index < -0.39 is 0 Å². The van der Waals surface area contributed by atoms with Crippen molar-refractivity contribution in [2.45, 2.75) is 31.8 Å². The van der Waals surface area contributed by atoms with Crippen LogP contribution in [0.15, 0.2) is 78.9 Å². The molecular formula is C27H32N2O2. The highest BCUT2D eigenvalue weighted by molar-refractivity contribution is 5.41. The second kappa shape index (κ2) is 10.4. The molecule has 31 heavy (non-hydrogen) atoms. The van der Waals surface area contributed by atoms with Crippen LogP contribution in [0.1, 0.15) is 29.9 Å². The molecule has 1 heterocycles. The van der Waals surface area contributed by atoms with E-state index in [2.05, 4.69) is 66.4 Å². The number of nitrogens with zero attached hydrogens (tertiary/aromatic N) is 1. The summed E-state index contributed by atoms with van der Waals surface area (Å²) in [6.07, 6.45) is 2.20. The Balaban J connectivity index is 1.35. The lowest BCUT2D eigenvalue weighted by molar-refractivity contribution is 0.0745. The zero-order valence-electron chi connectivity index (χ0n) is 18.2. The lowest BCUT2D eigenvalue weighted by Gasteiger charge is -2.39. The van der Waals surface area contributed by atoms with Crippen LogP contribution in [0.2, 0.25) is 0 Å². The topological polar surface area (TPSA) is 47.7 Å². The smallest absolute Gasteiger partial charge is 0.122 e. The highest BCUT2D eigenvalue weighted by Crippen LogP contribution is 2.32. The van der Waals surface area contributed by atoms with E-state index in [-0.39, 0.29) is 6.10 Å². The zero-order chi connectivity index (χ0) is 21.5. The molecule has 0 spiro atoms. The number of rotatable bonds is 8. The number of para-hydroxylation sites is 1. The van der Waals surface area contributed by atoms with Crippen molar-refractivity contribution in [1.82, 2.24) is 4.90 Å². The van der Waals surface area contributed by atoms with Crippen LogP contribution in [0.3, 0.4) is 0 Å². The average molecular weight is 417 g/mol. The van der Waals surface area contributed by atoms with E-state index >= 15 is 0 Å². The van der Waals surface area contributed by atoms with Crippen LogP contribution in [-0.4, -0.2) is 37.2 Å². The summed E-state index contributed by atoms with van der Waals surface area (Å²) in [6.45, 7) is 5.89. The van der Waals surface area contributed by atoms with Gasteiger partial charge in [0.05, 0.1) is 6.61 Å². The second-order valence-electron chi connectivity index (χ2n) is 8.30. The molecule has 0 saturated carbocycles. The normalized spacial score (nSPS) is 19.1. The van der Waals surface area contributed by atoms with Crippen LogP contribution in [0.25, 0.3) is 0 Å². The first kappa shape index (κ1) is 21.3. The SMILES string of the molecule is Cc1ccccc1O[C@H]1CCN(CCCOc2ccc(N)cc2)C[C@H]1c1ccccc1. The third-order valence-corrected chi connectivity index (χ3v) is 6.00. The Kier molecular flexibility index (Phi) is 7.11. The number of anilines is 1. The quantitative estimate of drug-likeness (QED) is 0.401. The van der Waals surface area contributed by atoms with Gasteiger partial charge in [0, 0.05) is 31.2 Å². The van der Waals surface area contributed by atoms with Crippen molar-refractivity contribution in [3.63, 3.8) is 0 Å². The molecule has 1 aliphatic rings. The van der Waals surface area contributed by atoms with Crippen LogP contribution in [0.5, 0.6) is 11.5 Å². The fourth-order valence-corrected chi connectivity index (χ4v) is 4.26. The monoisotopic (exact) mass is 416 g/mol. The molecular weight excluding hydrogens is 384 g/mol. The van der Waals surface area contributed by atoms with E-state index in [0.29, 0.717) is 12.5 Å². The Morgan fingerprint density at radius 1 is 0.935 bits per heavy atom. The molecule has 1 saturated heterocycles. The fourth-order valence-electron chi connectivity index (χ4n) is 4.26. The number of hydrogen-bond donors (Lipinski definition) is 1. The average Bonchev–Trinajstić information content (AvgIpc) is 2.81. The molecule has 4 heteroatoms. The maximum Gasteiger partial charge on any atom is 0.122 e. The van der Waals surface area contributed by atoms with Crippen molar-refractivity contribution < 1.29 is 9.47 Å². The number of hydrogen-bond acceptors (Lipinski definition) is 4.